The van der Waals surface area contributed by atoms with E-state index in [0.29, 0.717) is 29.7 Å². The van der Waals surface area contributed by atoms with Gasteiger partial charge in [0.2, 0.25) is 0 Å². The van der Waals surface area contributed by atoms with E-state index in [9.17, 15) is 0 Å². The normalized spacial score (nSPS) is 45.3. The van der Waals surface area contributed by atoms with Gasteiger partial charge in [0.05, 0.1) is 6.04 Å². The molecule has 6 unspecified atom stereocenters. The van der Waals surface area contributed by atoms with Gasteiger partial charge < -0.3 is 11.5 Å². The molecule has 3 nitrogen and oxygen atoms in total. The highest BCUT2D eigenvalue weighted by molar-refractivity contribution is 5.59. The van der Waals surface area contributed by atoms with Crippen LogP contribution in [0.1, 0.15) is 33.6 Å². The van der Waals surface area contributed by atoms with E-state index >= 15 is 0 Å². The first-order valence-corrected chi connectivity index (χ1v) is 7.05. The van der Waals surface area contributed by atoms with Gasteiger partial charge in [0.1, 0.15) is 0 Å². The molecule has 1 saturated carbocycles. The monoisotopic (exact) mass is 237 g/mol. The molecule has 3 rings (SSSR count). The second kappa shape index (κ2) is 5.07. The Morgan fingerprint density at radius 1 is 1.41 bits per heavy atom. The van der Waals surface area contributed by atoms with E-state index in [1.807, 2.05) is 0 Å². The lowest BCUT2D eigenvalue weighted by atomic mass is 9.52. The number of nitrogens with zero attached hydrogens (tertiary/aromatic N) is 1. The van der Waals surface area contributed by atoms with Gasteiger partial charge in [-0.1, -0.05) is 20.8 Å². The highest BCUT2D eigenvalue weighted by Crippen LogP contribution is 2.52. The summed E-state index contributed by atoms with van der Waals surface area (Å²) in [5.41, 5.74) is 12.1. The molecule has 2 heterocycles. The van der Waals surface area contributed by atoms with Gasteiger partial charge in [-0.15, -0.1) is 0 Å². The molecule has 17 heavy (non-hydrogen) atoms. The maximum absolute atomic E-state index is 6.36. The lowest BCUT2D eigenvalue weighted by molar-refractivity contribution is -0.0301. The maximum atomic E-state index is 6.36. The maximum Gasteiger partial charge on any atom is 0.0555 e. The fourth-order valence-electron chi connectivity index (χ4n) is 4.21. The molecular weight excluding hydrogens is 210 g/mol. The fraction of sp³-hybridized carbons (Fsp3) is 0.929. The minimum Gasteiger partial charge on any atom is -0.330 e. The van der Waals surface area contributed by atoms with Crippen LogP contribution in [-0.2, 0) is 0 Å². The Morgan fingerprint density at radius 3 is 2.71 bits per heavy atom. The summed E-state index contributed by atoms with van der Waals surface area (Å²) in [5, 5.41) is 0. The molecule has 4 N–H and O–H groups in total. The Morgan fingerprint density at radius 2 is 2.12 bits per heavy atom. The van der Waals surface area contributed by atoms with E-state index in [1.54, 1.807) is 0 Å². The predicted molar refractivity (Wildman–Crippen MR) is 73.0 cm³/mol. The highest BCUT2D eigenvalue weighted by Gasteiger charge is 2.52. The summed E-state index contributed by atoms with van der Waals surface area (Å²) in [6.45, 7) is 7.73. The molecule has 2 bridgehead atoms. The molecule has 0 aromatic heterocycles. The van der Waals surface area contributed by atoms with E-state index in [4.69, 9.17) is 16.5 Å². The summed E-state index contributed by atoms with van der Waals surface area (Å²) < 4.78 is 0. The van der Waals surface area contributed by atoms with Crippen molar-refractivity contribution in [2.24, 2.45) is 46.0 Å². The second-order valence-corrected chi connectivity index (χ2v) is 6.22. The van der Waals surface area contributed by atoms with Gasteiger partial charge in [0, 0.05) is 12.3 Å². The van der Waals surface area contributed by atoms with Crippen molar-refractivity contribution in [3.8, 4) is 0 Å². The number of hydrogen-bond acceptors (Lipinski definition) is 3. The first-order valence-electron chi connectivity index (χ1n) is 7.05. The van der Waals surface area contributed by atoms with Crippen LogP contribution in [0.3, 0.4) is 0 Å². The van der Waals surface area contributed by atoms with Crippen molar-refractivity contribution in [2.75, 3.05) is 6.54 Å². The quantitative estimate of drug-likeness (QED) is 0.784. The number of hydrogen-bond donors (Lipinski definition) is 2. The van der Waals surface area contributed by atoms with Crippen LogP contribution in [0.5, 0.6) is 0 Å². The van der Waals surface area contributed by atoms with Gasteiger partial charge in [-0.25, -0.2) is 0 Å². The average molecular weight is 237 g/mol. The third kappa shape index (κ3) is 2.15. The number of nitrogens with two attached hydrogens (primary N) is 2. The van der Waals surface area contributed by atoms with Crippen LogP contribution >= 0.6 is 0 Å². The molecule has 0 saturated heterocycles. The molecule has 0 amide bonds. The highest BCUT2D eigenvalue weighted by atomic mass is 14.9. The van der Waals surface area contributed by atoms with Crippen LogP contribution in [0.25, 0.3) is 0 Å². The number of aliphatic imine (C=N–C) groups is 1. The Kier molecular flexibility index (Phi) is 3.88. The third-order valence-electron chi connectivity index (χ3n) is 4.94. The van der Waals surface area contributed by atoms with Crippen LogP contribution in [0, 0.1) is 29.6 Å². The van der Waals surface area contributed by atoms with Gasteiger partial charge in [-0.05, 0) is 49.0 Å². The molecule has 3 heteroatoms. The SMILES string of the molecule is CC(C)C1C(N)CC=NC2C(C)C1C2CCN. The molecule has 0 aromatic rings. The van der Waals surface area contributed by atoms with E-state index in [1.165, 1.54) is 0 Å². The Labute approximate surface area is 105 Å². The molecular formula is C14H27N3. The third-order valence-corrected chi connectivity index (χ3v) is 4.94. The zero-order chi connectivity index (χ0) is 12.6. The van der Waals surface area contributed by atoms with E-state index in [0.717, 1.165) is 25.3 Å². The van der Waals surface area contributed by atoms with Gasteiger partial charge in [-0.2, -0.15) is 0 Å². The molecule has 1 aliphatic carbocycles. The molecule has 3 aliphatic rings. The lowest BCUT2D eigenvalue weighted by Gasteiger charge is -2.55. The molecule has 2 aliphatic heterocycles. The van der Waals surface area contributed by atoms with Crippen molar-refractivity contribution >= 4 is 6.21 Å². The Bertz CT molecular complexity index is 287. The lowest BCUT2D eigenvalue weighted by Crippen LogP contribution is -2.58. The van der Waals surface area contributed by atoms with Crippen LogP contribution in [0.2, 0.25) is 0 Å². The zero-order valence-electron chi connectivity index (χ0n) is 11.3. The largest absolute Gasteiger partial charge is 0.330 e. The second-order valence-electron chi connectivity index (χ2n) is 6.22. The predicted octanol–water partition coefficient (Wildman–Crippen LogP) is 1.66. The summed E-state index contributed by atoms with van der Waals surface area (Å²) in [6.07, 6.45) is 4.12. The summed E-state index contributed by atoms with van der Waals surface area (Å²) in [7, 11) is 0. The standard InChI is InChI=1S/C14H27N3/c1-8(2)12-11(16)5-7-17-14-9(3)13(12)10(14)4-6-15/h7-14H,4-6,15-16H2,1-3H3. The summed E-state index contributed by atoms with van der Waals surface area (Å²) in [5.74, 6) is 3.37. The summed E-state index contributed by atoms with van der Waals surface area (Å²) in [6, 6.07) is 0.782. The van der Waals surface area contributed by atoms with Crippen molar-refractivity contribution in [2.45, 2.75) is 45.7 Å². The van der Waals surface area contributed by atoms with Crippen molar-refractivity contribution in [1.82, 2.24) is 0 Å². The van der Waals surface area contributed by atoms with Crippen LogP contribution in [-0.4, -0.2) is 24.8 Å². The molecule has 0 spiro atoms. The fourth-order valence-corrected chi connectivity index (χ4v) is 4.21. The molecule has 98 valence electrons. The topological polar surface area (TPSA) is 64.4 Å². The van der Waals surface area contributed by atoms with E-state index < -0.39 is 0 Å². The number of fused-ring (bicyclic) bond motifs is 3. The number of rotatable bonds is 3. The van der Waals surface area contributed by atoms with E-state index in [-0.39, 0.29) is 6.04 Å². The Balaban J connectivity index is 2.24. The molecule has 6 atom stereocenters. The van der Waals surface area contributed by atoms with Gasteiger partial charge in [-0.3, -0.25) is 4.99 Å². The zero-order valence-corrected chi connectivity index (χ0v) is 11.3. The van der Waals surface area contributed by atoms with Gasteiger partial charge >= 0.3 is 0 Å². The first kappa shape index (κ1) is 13.0. The smallest absolute Gasteiger partial charge is 0.0555 e. The van der Waals surface area contributed by atoms with Crippen LogP contribution in [0.15, 0.2) is 4.99 Å². The summed E-state index contributed by atoms with van der Waals surface area (Å²) in [4.78, 5) is 4.71. The van der Waals surface area contributed by atoms with Crippen molar-refractivity contribution in [1.29, 1.82) is 0 Å². The molecule has 0 radical (unpaired) electrons. The average Bonchev–Trinajstić information content (AvgIpc) is 2.26. The molecule has 0 aromatic carbocycles. The van der Waals surface area contributed by atoms with Crippen molar-refractivity contribution in [3.63, 3.8) is 0 Å². The van der Waals surface area contributed by atoms with Gasteiger partial charge in [0.25, 0.3) is 0 Å². The molecule has 1 fully saturated rings. The van der Waals surface area contributed by atoms with Gasteiger partial charge in [0.15, 0.2) is 0 Å². The summed E-state index contributed by atoms with van der Waals surface area (Å²) >= 11 is 0. The minimum absolute atomic E-state index is 0.271. The van der Waals surface area contributed by atoms with E-state index in [2.05, 4.69) is 27.0 Å². The van der Waals surface area contributed by atoms with Crippen molar-refractivity contribution in [3.05, 3.63) is 0 Å². The minimum atomic E-state index is 0.271. The Hall–Kier alpha value is -0.410. The van der Waals surface area contributed by atoms with Crippen molar-refractivity contribution < 1.29 is 0 Å². The van der Waals surface area contributed by atoms with Crippen LogP contribution < -0.4 is 11.5 Å². The van der Waals surface area contributed by atoms with Crippen LogP contribution in [0.4, 0.5) is 0 Å². The first-order chi connectivity index (χ1) is 8.07.